The lowest BCUT2D eigenvalue weighted by Crippen LogP contribution is -2.41. The molecule has 2 saturated carbocycles. The number of methoxy groups -OCH3 is 2. The first-order chi connectivity index (χ1) is 61.6. The third-order valence-corrected chi connectivity index (χ3v) is 27.4. The third-order valence-electron chi connectivity index (χ3n) is 22.9. The molecule has 6 aliphatic carbocycles. The Morgan fingerprint density at radius 2 is 0.811 bits per heavy atom. The van der Waals surface area contributed by atoms with Crippen LogP contribution in [0.15, 0.2) is 218 Å². The first-order valence-corrected chi connectivity index (χ1v) is 46.3. The first kappa shape index (κ1) is 88.6. The molecule has 646 valence electrons. The summed E-state index contributed by atoms with van der Waals surface area (Å²) in [5, 5.41) is 49.5. The highest BCUT2D eigenvalue weighted by atomic mass is 127. The van der Waals surface area contributed by atoms with Crippen molar-refractivity contribution in [1.82, 2.24) is 60.7 Å². The maximum absolute atomic E-state index is 13.6. The van der Waals surface area contributed by atoms with Crippen molar-refractivity contribution in [2.75, 3.05) is 41.6 Å². The molecule has 0 unspecified atom stereocenters. The van der Waals surface area contributed by atoms with E-state index in [0.29, 0.717) is 52.4 Å². The van der Waals surface area contributed by atoms with Crippen LogP contribution in [0, 0.1) is 17.8 Å². The van der Waals surface area contributed by atoms with E-state index >= 15 is 0 Å². The summed E-state index contributed by atoms with van der Waals surface area (Å²) >= 11 is 8.24. The summed E-state index contributed by atoms with van der Waals surface area (Å²) in [6, 6.07) is 63.0. The summed E-state index contributed by atoms with van der Waals surface area (Å²) in [6.45, 7) is 9.17. The Bertz CT molecular complexity index is 6350. The van der Waals surface area contributed by atoms with Crippen molar-refractivity contribution >= 4 is 127 Å². The fourth-order valence-corrected chi connectivity index (χ4v) is 18.8. The molecule has 6 aromatic carbocycles. The summed E-state index contributed by atoms with van der Waals surface area (Å²) in [5.74, 6) is 1.20. The molecule has 0 amide bonds. The van der Waals surface area contributed by atoms with Crippen molar-refractivity contribution in [3.8, 4) is 53.8 Å². The van der Waals surface area contributed by atoms with Gasteiger partial charge < -0.3 is 51.9 Å². The van der Waals surface area contributed by atoms with Crippen LogP contribution in [-0.2, 0) is 48.1 Å². The molecule has 9 N–H and O–H groups in total. The molecule has 1 aliphatic heterocycles. The number of nitrogens with two attached hydrogens (primary N) is 3. The van der Waals surface area contributed by atoms with Gasteiger partial charge in [0.1, 0.15) is 37.3 Å². The van der Waals surface area contributed by atoms with Crippen LogP contribution >= 0.6 is 67.9 Å². The largest absolute Gasteiger partial charge is 0.514 e. The maximum atomic E-state index is 13.6. The van der Waals surface area contributed by atoms with Gasteiger partial charge in [0.2, 0.25) is 38.4 Å². The maximum Gasteiger partial charge on any atom is 0.514 e. The van der Waals surface area contributed by atoms with Gasteiger partial charge in [0, 0.05) is 67.7 Å². The van der Waals surface area contributed by atoms with Crippen molar-refractivity contribution in [3.05, 3.63) is 309 Å². The summed E-state index contributed by atoms with van der Waals surface area (Å²) in [7, 11) is 2.73. The zero-order chi connectivity index (χ0) is 88.1. The first-order valence-electron chi connectivity index (χ1n) is 41.9. The molecule has 1 saturated heterocycles. The molecule has 127 heavy (non-hydrogen) atoms. The van der Waals surface area contributed by atoms with E-state index in [0.717, 1.165) is 129 Å². The van der Waals surface area contributed by atoms with Crippen molar-refractivity contribution in [2.45, 2.75) is 141 Å². The average molecular weight is 1890 g/mol. The van der Waals surface area contributed by atoms with Gasteiger partial charge in [-0.05, 0) is 254 Å². The summed E-state index contributed by atoms with van der Waals surface area (Å²) < 4.78 is 63.2. The Balaban J connectivity index is 0.000000116. The van der Waals surface area contributed by atoms with E-state index in [1.54, 1.807) is 49.8 Å². The van der Waals surface area contributed by atoms with Crippen LogP contribution in [0.3, 0.4) is 0 Å². The van der Waals surface area contributed by atoms with Crippen LogP contribution in [0.5, 0.6) is 11.5 Å². The van der Waals surface area contributed by atoms with Crippen LogP contribution in [0.1, 0.15) is 152 Å². The van der Waals surface area contributed by atoms with Gasteiger partial charge in [-0.15, -0.1) is 40.8 Å². The van der Waals surface area contributed by atoms with Gasteiger partial charge in [-0.1, -0.05) is 192 Å². The van der Waals surface area contributed by atoms with E-state index in [1.165, 1.54) is 152 Å². The minimum absolute atomic E-state index is 0.425. The number of fused-ring (bicyclic) bond motifs is 4. The SMILES string of the molecule is CC1(C)OB(c2cccc(F)n2)OC1(C)C.COc1ccc(CNc2nnc(-c3ccc4c(c3)C(I)=CC4)s2)cc1.COc1ccc(CNc2nnc(-c3ccc4c(c3)C(c3cccc(F)n3)=CC4)s2)cc1.NC1CCCC1.Nc1nnc(-c2ccc3c(c2)C(c2cccc(F)n2)=CC3)s1.Nc1nnc(-c2ccc3c(c2)C(c2cccc(NC4CCCC4)n2)=CC3)s1. The fourth-order valence-electron chi connectivity index (χ4n) is 15.4. The van der Waals surface area contributed by atoms with Crippen molar-refractivity contribution in [3.63, 3.8) is 0 Å². The highest BCUT2D eigenvalue weighted by Crippen LogP contribution is 2.43. The molecular weight excluding hydrogens is 1790 g/mol. The number of benzene rings is 6. The van der Waals surface area contributed by atoms with E-state index in [1.807, 2.05) is 100 Å². The number of rotatable bonds is 18. The van der Waals surface area contributed by atoms with Gasteiger partial charge in [0.15, 0.2) is 0 Å². The van der Waals surface area contributed by atoms with Crippen molar-refractivity contribution < 1.29 is 32.0 Å². The minimum atomic E-state index is -0.597. The molecule has 3 fully saturated rings. The number of nitrogens with one attached hydrogen (secondary N) is 3. The molecular formula is C96H93BF3IN18O4S4. The topological polar surface area (TPSA) is 306 Å². The van der Waals surface area contributed by atoms with Gasteiger partial charge in [0.05, 0.1) is 48.1 Å². The van der Waals surface area contributed by atoms with Crippen LogP contribution in [0.2, 0.25) is 0 Å². The van der Waals surface area contributed by atoms with Crippen molar-refractivity contribution in [2.24, 2.45) is 5.73 Å². The molecule has 8 aromatic heterocycles. The molecule has 14 aromatic rings. The number of hydrogen-bond acceptors (Lipinski definition) is 26. The van der Waals surface area contributed by atoms with Gasteiger partial charge in [-0.3, -0.25) is 0 Å². The number of hydrogen-bond donors (Lipinski definition) is 6. The zero-order valence-corrected chi connectivity index (χ0v) is 76.2. The summed E-state index contributed by atoms with van der Waals surface area (Å²) in [6.07, 6.45) is 22.7. The highest BCUT2D eigenvalue weighted by molar-refractivity contribution is 14.1. The van der Waals surface area contributed by atoms with Gasteiger partial charge in [-0.2, -0.15) is 13.2 Å². The second kappa shape index (κ2) is 40.4. The van der Waals surface area contributed by atoms with Crippen LogP contribution in [0.4, 0.5) is 39.5 Å². The summed E-state index contributed by atoms with van der Waals surface area (Å²) in [5.41, 5.74) is 38.2. The normalized spacial score (nSPS) is 15.3. The Morgan fingerprint density at radius 1 is 0.433 bits per heavy atom. The lowest BCUT2D eigenvalue weighted by atomic mass is 9.84. The smallest absolute Gasteiger partial charge is 0.497 e. The highest BCUT2D eigenvalue weighted by Gasteiger charge is 2.52. The van der Waals surface area contributed by atoms with E-state index < -0.39 is 36.2 Å². The Labute approximate surface area is 765 Å². The lowest BCUT2D eigenvalue weighted by molar-refractivity contribution is 0.00578. The Morgan fingerprint density at radius 3 is 1.21 bits per heavy atom. The molecule has 0 atom stereocenters. The van der Waals surface area contributed by atoms with Gasteiger partial charge in [0.25, 0.3) is 0 Å². The number of ether oxygens (including phenoxy) is 2. The zero-order valence-electron chi connectivity index (χ0n) is 70.8. The molecule has 0 bridgehead atoms. The standard InChI is InChI=1S/C24H19FN4OS.C21H21N5S.C19H16IN3OS.C16H11FN4S.C11H15BFNO2.C5H11N/c1-30-18-10-5-15(6-11-18)14-26-24-29-28-23(31-24)17-8-7-16-9-12-19(20(16)13-17)21-3-2-4-22(25)27-21;22-21-26-25-20(27-21)14-9-8-13-10-11-16(17(13)12-14)18-6-3-7-19(24-18)23-15-4-1-2-5-15;1-24-15-7-2-12(3-8-15)11-21-19-23-22-18(25-19)14-5-4-13-6-9-17(20)16(13)10-14;17-14-3-1-2-13(19-14)11-7-6-9-4-5-10(8-12(9)11)15-20-21-16(18)22-15;1-10(2)11(3,4)16-12(15-10)8-6-5-7-9(13)14-8;6-5-3-1-2-4-5/h2-8,10-13H,9,14H2,1H3,(H,26,29);3,6-9,11-12,15H,1-2,4-5,10H2,(H2,22,26)(H,23,24);2-5,7-10H,6,11H2,1H3,(H,21,23);1-5,7-8H,6H2,(H2,18,21);5-7H,1-4H3;5H,1-4,6H2. The molecule has 9 heterocycles. The predicted octanol–water partition coefficient (Wildman–Crippen LogP) is 20.7. The second-order valence-corrected chi connectivity index (χ2v) is 37.2. The second-order valence-electron chi connectivity index (χ2n) is 32.1. The fraction of sp³-hybridized carbons (Fsp3) is 0.250. The lowest BCUT2D eigenvalue weighted by Gasteiger charge is -2.32. The summed E-state index contributed by atoms with van der Waals surface area (Å²) in [4.78, 5) is 16.7. The molecule has 0 radical (unpaired) electrons. The van der Waals surface area contributed by atoms with E-state index in [-0.39, 0.29) is 0 Å². The number of aromatic nitrogens is 12. The van der Waals surface area contributed by atoms with Crippen molar-refractivity contribution in [1.29, 1.82) is 0 Å². The number of pyridine rings is 4. The number of nitrogen functional groups attached to an aromatic ring is 2. The van der Waals surface area contributed by atoms with Crippen LogP contribution in [-0.4, -0.2) is 105 Å². The monoisotopic (exact) mass is 1880 g/mol. The Hall–Kier alpha value is -11.8. The molecule has 7 aliphatic rings. The average Bonchev–Trinajstić information content (AvgIpc) is 1.63. The number of halogens is 4. The molecule has 0 spiro atoms. The molecule has 21 rings (SSSR count). The Kier molecular flexibility index (Phi) is 28.2. The third kappa shape index (κ3) is 22.1. The number of nitrogens with zero attached hydrogens (tertiary/aromatic N) is 12. The van der Waals surface area contributed by atoms with E-state index in [9.17, 15) is 13.2 Å². The van der Waals surface area contributed by atoms with Crippen LogP contribution in [0.25, 0.3) is 62.6 Å². The van der Waals surface area contributed by atoms with Crippen LogP contribution < -0.4 is 48.2 Å². The van der Waals surface area contributed by atoms with Gasteiger partial charge in [-0.25, -0.2) is 19.9 Å². The number of anilines is 5. The molecule has 22 nitrogen and oxygen atoms in total. The van der Waals surface area contributed by atoms with E-state index in [2.05, 4.69) is 197 Å². The minimum Gasteiger partial charge on any atom is -0.497 e. The van der Waals surface area contributed by atoms with E-state index in [4.69, 9.17) is 41.0 Å². The predicted molar refractivity (Wildman–Crippen MR) is 514 cm³/mol. The van der Waals surface area contributed by atoms with Gasteiger partial charge >= 0.3 is 7.12 Å². The number of allylic oxidation sites excluding steroid dienone is 4. The quantitative estimate of drug-likeness (QED) is 0.0264. The molecule has 31 heteroatoms.